The number of ether oxygens (including phenoxy) is 1. The van der Waals surface area contributed by atoms with Gasteiger partial charge in [0.1, 0.15) is 5.75 Å². The summed E-state index contributed by atoms with van der Waals surface area (Å²) in [4.78, 5) is 24.4. The van der Waals surface area contributed by atoms with Crippen LogP contribution in [0.15, 0.2) is 82.4 Å². The van der Waals surface area contributed by atoms with Crippen LogP contribution in [0.5, 0.6) is 5.75 Å². The molecule has 1 N–H and O–H groups in total. The molecule has 0 spiro atoms. The van der Waals surface area contributed by atoms with Crippen molar-refractivity contribution in [1.82, 2.24) is 5.43 Å². The first kappa shape index (κ1) is 20.5. The van der Waals surface area contributed by atoms with Gasteiger partial charge in [0, 0.05) is 10.0 Å². The first-order valence-electron chi connectivity index (χ1n) is 8.95. The molecule has 1 amide bonds. The fourth-order valence-corrected chi connectivity index (χ4v) is 2.93. The lowest BCUT2D eigenvalue weighted by molar-refractivity contribution is -0.120. The van der Waals surface area contributed by atoms with Crippen LogP contribution >= 0.6 is 15.9 Å². The van der Waals surface area contributed by atoms with Crippen molar-refractivity contribution >= 4 is 34.0 Å². The van der Waals surface area contributed by atoms with Gasteiger partial charge in [-0.3, -0.25) is 4.79 Å². The molecule has 5 nitrogen and oxygen atoms in total. The molecule has 0 atom stereocenters. The number of esters is 1. The van der Waals surface area contributed by atoms with E-state index in [1.54, 1.807) is 30.3 Å². The van der Waals surface area contributed by atoms with Gasteiger partial charge in [-0.15, -0.1) is 0 Å². The van der Waals surface area contributed by atoms with E-state index in [4.69, 9.17) is 4.74 Å². The van der Waals surface area contributed by atoms with Crippen molar-refractivity contribution in [3.63, 3.8) is 0 Å². The lowest BCUT2D eigenvalue weighted by atomic mass is 10.1. The highest BCUT2D eigenvalue weighted by molar-refractivity contribution is 9.10. The van der Waals surface area contributed by atoms with Crippen molar-refractivity contribution in [2.45, 2.75) is 13.3 Å². The molecule has 0 saturated carbocycles. The molecule has 0 bridgehead atoms. The monoisotopic (exact) mass is 450 g/mol. The molecule has 0 saturated heterocycles. The summed E-state index contributed by atoms with van der Waals surface area (Å²) in [7, 11) is 0. The van der Waals surface area contributed by atoms with Crippen molar-refractivity contribution in [2.24, 2.45) is 5.10 Å². The molecule has 0 aliphatic carbocycles. The van der Waals surface area contributed by atoms with Gasteiger partial charge in [0.05, 0.1) is 18.2 Å². The normalized spacial score (nSPS) is 10.7. The molecule has 0 heterocycles. The van der Waals surface area contributed by atoms with E-state index >= 15 is 0 Å². The van der Waals surface area contributed by atoms with Crippen LogP contribution in [0, 0.1) is 6.92 Å². The number of rotatable bonds is 6. The number of amides is 1. The molecule has 3 aromatic carbocycles. The maximum atomic E-state index is 12.4. The Labute approximate surface area is 177 Å². The van der Waals surface area contributed by atoms with E-state index in [9.17, 15) is 9.59 Å². The summed E-state index contributed by atoms with van der Waals surface area (Å²) in [6.45, 7) is 1.95. The molecule has 3 rings (SSSR count). The highest BCUT2D eigenvalue weighted by Crippen LogP contribution is 2.23. The van der Waals surface area contributed by atoms with E-state index in [2.05, 4.69) is 26.5 Å². The third-order valence-electron chi connectivity index (χ3n) is 4.06. The van der Waals surface area contributed by atoms with Gasteiger partial charge in [-0.2, -0.15) is 5.10 Å². The van der Waals surface area contributed by atoms with Crippen LogP contribution in [-0.2, 0) is 11.2 Å². The maximum Gasteiger partial charge on any atom is 0.343 e. The minimum absolute atomic E-state index is 0.228. The van der Waals surface area contributed by atoms with Crippen LogP contribution in [0.4, 0.5) is 0 Å². The average Bonchev–Trinajstić information content (AvgIpc) is 2.71. The van der Waals surface area contributed by atoms with E-state index in [1.165, 1.54) is 6.21 Å². The summed E-state index contributed by atoms with van der Waals surface area (Å²) in [6, 6.07) is 21.7. The number of carbonyl (C=O) groups is 2. The maximum absolute atomic E-state index is 12.4. The predicted octanol–water partition coefficient (Wildman–Crippen LogP) is 4.67. The van der Waals surface area contributed by atoms with Crippen molar-refractivity contribution in [1.29, 1.82) is 0 Å². The largest absolute Gasteiger partial charge is 0.422 e. The van der Waals surface area contributed by atoms with Crippen LogP contribution in [0.1, 0.15) is 27.0 Å². The molecule has 29 heavy (non-hydrogen) atoms. The predicted molar refractivity (Wildman–Crippen MR) is 116 cm³/mol. The van der Waals surface area contributed by atoms with E-state index in [1.807, 2.05) is 49.4 Å². The highest BCUT2D eigenvalue weighted by Gasteiger charge is 2.11. The van der Waals surface area contributed by atoms with Gasteiger partial charge in [-0.1, -0.05) is 64.0 Å². The van der Waals surface area contributed by atoms with Gasteiger partial charge in [0.15, 0.2) is 0 Å². The SMILES string of the molecule is Cc1ccc(C(=O)Oc2ccc(Br)cc2/C=N/NC(=O)Cc2ccccc2)cc1. The van der Waals surface area contributed by atoms with Crippen LogP contribution in [0.2, 0.25) is 0 Å². The minimum Gasteiger partial charge on any atom is -0.422 e. The van der Waals surface area contributed by atoms with Gasteiger partial charge in [0.2, 0.25) is 5.91 Å². The Morgan fingerprint density at radius 1 is 1.03 bits per heavy atom. The Morgan fingerprint density at radius 2 is 1.76 bits per heavy atom. The lowest BCUT2D eigenvalue weighted by Gasteiger charge is -2.08. The quantitative estimate of drug-likeness (QED) is 0.256. The molecule has 0 fully saturated rings. The van der Waals surface area contributed by atoms with E-state index in [0.717, 1.165) is 15.6 Å². The third kappa shape index (κ3) is 6.12. The smallest absolute Gasteiger partial charge is 0.343 e. The Kier molecular flexibility index (Phi) is 6.92. The fraction of sp³-hybridized carbons (Fsp3) is 0.0870. The highest BCUT2D eigenvalue weighted by atomic mass is 79.9. The van der Waals surface area contributed by atoms with Crippen LogP contribution in [0.3, 0.4) is 0 Å². The lowest BCUT2D eigenvalue weighted by Crippen LogP contribution is -2.19. The van der Waals surface area contributed by atoms with Crippen molar-refractivity contribution in [3.8, 4) is 5.75 Å². The van der Waals surface area contributed by atoms with Crippen LogP contribution < -0.4 is 10.2 Å². The molecule has 0 aliphatic heterocycles. The molecule has 0 unspecified atom stereocenters. The van der Waals surface area contributed by atoms with Crippen LogP contribution in [0.25, 0.3) is 0 Å². The topological polar surface area (TPSA) is 67.8 Å². The number of hydrogen-bond donors (Lipinski definition) is 1. The van der Waals surface area contributed by atoms with Gasteiger partial charge in [0.25, 0.3) is 0 Å². The zero-order valence-electron chi connectivity index (χ0n) is 15.8. The number of aryl methyl sites for hydroxylation is 1. The Morgan fingerprint density at radius 3 is 2.48 bits per heavy atom. The molecular weight excluding hydrogens is 432 g/mol. The van der Waals surface area contributed by atoms with E-state index < -0.39 is 5.97 Å². The number of carbonyl (C=O) groups excluding carboxylic acids is 2. The average molecular weight is 451 g/mol. The zero-order chi connectivity index (χ0) is 20.6. The van der Waals surface area contributed by atoms with E-state index in [-0.39, 0.29) is 12.3 Å². The standard InChI is InChI=1S/C23H19BrN2O3/c1-16-7-9-18(10-8-16)23(28)29-21-12-11-20(24)14-19(21)15-25-26-22(27)13-17-5-3-2-4-6-17/h2-12,14-15H,13H2,1H3,(H,26,27)/b25-15+. The Hall–Kier alpha value is -3.25. The van der Waals surface area contributed by atoms with Gasteiger partial charge < -0.3 is 4.74 Å². The number of hydrazone groups is 1. The van der Waals surface area contributed by atoms with Crippen molar-refractivity contribution < 1.29 is 14.3 Å². The molecule has 6 heteroatoms. The molecule has 0 radical (unpaired) electrons. The Balaban J connectivity index is 1.68. The summed E-state index contributed by atoms with van der Waals surface area (Å²) in [5.41, 5.74) is 5.46. The minimum atomic E-state index is -0.463. The number of nitrogens with zero attached hydrogens (tertiary/aromatic N) is 1. The van der Waals surface area contributed by atoms with Crippen molar-refractivity contribution in [2.75, 3.05) is 0 Å². The number of nitrogens with one attached hydrogen (secondary N) is 1. The molecule has 146 valence electrons. The molecular formula is C23H19BrN2O3. The second-order valence-corrected chi connectivity index (χ2v) is 7.31. The number of hydrogen-bond acceptors (Lipinski definition) is 4. The van der Waals surface area contributed by atoms with Crippen LogP contribution in [-0.4, -0.2) is 18.1 Å². The number of halogens is 1. The molecule has 0 aromatic heterocycles. The first-order valence-corrected chi connectivity index (χ1v) is 9.75. The summed E-state index contributed by atoms with van der Waals surface area (Å²) in [6.07, 6.45) is 1.68. The van der Waals surface area contributed by atoms with Gasteiger partial charge in [-0.05, 0) is 42.8 Å². The third-order valence-corrected chi connectivity index (χ3v) is 4.56. The summed E-state index contributed by atoms with van der Waals surface area (Å²) in [5.74, 6) is -0.351. The fourth-order valence-electron chi connectivity index (χ4n) is 2.56. The summed E-state index contributed by atoms with van der Waals surface area (Å²) >= 11 is 3.39. The second kappa shape index (κ2) is 9.80. The molecule has 3 aromatic rings. The summed E-state index contributed by atoms with van der Waals surface area (Å²) < 4.78 is 6.31. The van der Waals surface area contributed by atoms with Gasteiger partial charge in [-0.25, -0.2) is 10.2 Å². The van der Waals surface area contributed by atoms with Crippen molar-refractivity contribution in [3.05, 3.63) is 99.5 Å². The summed E-state index contributed by atoms with van der Waals surface area (Å²) in [5, 5.41) is 3.99. The number of benzene rings is 3. The van der Waals surface area contributed by atoms with E-state index in [0.29, 0.717) is 16.9 Å². The van der Waals surface area contributed by atoms with Gasteiger partial charge >= 0.3 is 5.97 Å². The Bertz CT molecular complexity index is 1030. The second-order valence-electron chi connectivity index (χ2n) is 6.39. The molecule has 0 aliphatic rings. The zero-order valence-corrected chi connectivity index (χ0v) is 17.3. The first-order chi connectivity index (χ1) is 14.0.